The first kappa shape index (κ1) is 15.3. The summed E-state index contributed by atoms with van der Waals surface area (Å²) in [6.45, 7) is 9.77. The van der Waals surface area contributed by atoms with Gasteiger partial charge >= 0.3 is 0 Å². The molecule has 2 rings (SSSR count). The standard InChI is InChI=1S/C16H26N2O2/c1-4-17-10-15-9-16(20-13(15)2)11-18-7-5-14(6-8-18)12-19-3/h5,9,17H,4,6-8,10-12H2,1-3H3. The van der Waals surface area contributed by atoms with Crippen LogP contribution in [0, 0.1) is 6.92 Å². The van der Waals surface area contributed by atoms with Crippen molar-refractivity contribution in [2.24, 2.45) is 0 Å². The highest BCUT2D eigenvalue weighted by molar-refractivity contribution is 5.21. The number of rotatable bonds is 7. The van der Waals surface area contributed by atoms with Crippen LogP contribution in [0.3, 0.4) is 0 Å². The monoisotopic (exact) mass is 278 g/mol. The molecule has 0 spiro atoms. The van der Waals surface area contributed by atoms with Gasteiger partial charge in [-0.1, -0.05) is 13.0 Å². The Morgan fingerprint density at radius 1 is 1.45 bits per heavy atom. The van der Waals surface area contributed by atoms with Gasteiger partial charge in [0.2, 0.25) is 0 Å². The minimum atomic E-state index is 0.764. The van der Waals surface area contributed by atoms with E-state index < -0.39 is 0 Å². The van der Waals surface area contributed by atoms with Gasteiger partial charge in [0, 0.05) is 32.3 Å². The Hall–Kier alpha value is -1.10. The molecule has 0 aliphatic carbocycles. The molecule has 112 valence electrons. The highest BCUT2D eigenvalue weighted by Gasteiger charge is 2.14. The number of hydrogen-bond acceptors (Lipinski definition) is 4. The molecule has 4 nitrogen and oxygen atoms in total. The minimum Gasteiger partial charge on any atom is -0.465 e. The number of nitrogens with one attached hydrogen (secondary N) is 1. The third kappa shape index (κ3) is 4.20. The zero-order chi connectivity index (χ0) is 14.4. The number of aryl methyl sites for hydroxylation is 1. The van der Waals surface area contributed by atoms with Gasteiger partial charge in [-0.15, -0.1) is 0 Å². The third-order valence-electron chi connectivity index (χ3n) is 3.73. The second kappa shape index (κ2) is 7.62. The quantitative estimate of drug-likeness (QED) is 0.778. The van der Waals surface area contributed by atoms with E-state index in [1.807, 2.05) is 6.92 Å². The van der Waals surface area contributed by atoms with Crippen LogP contribution in [-0.4, -0.2) is 38.3 Å². The Morgan fingerprint density at radius 3 is 2.95 bits per heavy atom. The fourth-order valence-electron chi connectivity index (χ4n) is 2.53. The van der Waals surface area contributed by atoms with Gasteiger partial charge in [-0.25, -0.2) is 0 Å². The molecule has 0 saturated carbocycles. The number of furan rings is 1. The van der Waals surface area contributed by atoms with E-state index in [0.29, 0.717) is 0 Å². The lowest BCUT2D eigenvalue weighted by molar-refractivity contribution is 0.206. The Balaban J connectivity index is 1.88. The average Bonchev–Trinajstić information content (AvgIpc) is 2.79. The van der Waals surface area contributed by atoms with E-state index >= 15 is 0 Å². The van der Waals surface area contributed by atoms with Crippen LogP contribution in [-0.2, 0) is 17.8 Å². The highest BCUT2D eigenvalue weighted by Crippen LogP contribution is 2.18. The van der Waals surface area contributed by atoms with E-state index in [1.54, 1.807) is 7.11 Å². The number of hydrogen-bond donors (Lipinski definition) is 1. The zero-order valence-corrected chi connectivity index (χ0v) is 12.9. The van der Waals surface area contributed by atoms with E-state index in [9.17, 15) is 0 Å². The molecule has 0 fully saturated rings. The molecule has 0 bridgehead atoms. The van der Waals surface area contributed by atoms with Crippen LogP contribution in [0.15, 0.2) is 22.1 Å². The third-order valence-corrected chi connectivity index (χ3v) is 3.73. The predicted molar refractivity (Wildman–Crippen MR) is 80.7 cm³/mol. The molecule has 2 heterocycles. The SMILES string of the molecule is CCNCc1cc(CN2CC=C(COC)CC2)oc1C. The molecule has 1 aromatic heterocycles. The van der Waals surface area contributed by atoms with Crippen LogP contribution in [0.2, 0.25) is 0 Å². The number of nitrogens with zero attached hydrogens (tertiary/aromatic N) is 1. The highest BCUT2D eigenvalue weighted by atomic mass is 16.5. The minimum absolute atomic E-state index is 0.764. The van der Waals surface area contributed by atoms with Crippen LogP contribution < -0.4 is 5.32 Å². The number of ether oxygens (including phenoxy) is 1. The summed E-state index contributed by atoms with van der Waals surface area (Å²) in [6.07, 6.45) is 3.38. The summed E-state index contributed by atoms with van der Waals surface area (Å²) >= 11 is 0. The molecule has 1 aromatic rings. The van der Waals surface area contributed by atoms with Crippen molar-refractivity contribution in [3.05, 3.63) is 34.8 Å². The van der Waals surface area contributed by atoms with Crippen molar-refractivity contribution in [1.82, 2.24) is 10.2 Å². The van der Waals surface area contributed by atoms with Gasteiger partial charge in [0.15, 0.2) is 0 Å². The maximum atomic E-state index is 5.86. The first-order valence-corrected chi connectivity index (χ1v) is 7.41. The van der Waals surface area contributed by atoms with Crippen LogP contribution in [0.1, 0.15) is 30.4 Å². The molecule has 0 amide bonds. The van der Waals surface area contributed by atoms with Crippen LogP contribution >= 0.6 is 0 Å². The predicted octanol–water partition coefficient (Wildman–Crippen LogP) is 2.48. The maximum Gasteiger partial charge on any atom is 0.118 e. The largest absolute Gasteiger partial charge is 0.465 e. The summed E-state index contributed by atoms with van der Waals surface area (Å²) in [5.74, 6) is 2.10. The van der Waals surface area contributed by atoms with Crippen molar-refractivity contribution >= 4 is 0 Å². The van der Waals surface area contributed by atoms with E-state index in [-0.39, 0.29) is 0 Å². The summed E-state index contributed by atoms with van der Waals surface area (Å²) in [4.78, 5) is 2.41. The molecule has 1 aliphatic rings. The fourth-order valence-corrected chi connectivity index (χ4v) is 2.53. The van der Waals surface area contributed by atoms with Gasteiger partial charge in [0.05, 0.1) is 13.2 Å². The van der Waals surface area contributed by atoms with Gasteiger partial charge in [0.25, 0.3) is 0 Å². The van der Waals surface area contributed by atoms with Gasteiger partial charge in [0.1, 0.15) is 11.5 Å². The summed E-state index contributed by atoms with van der Waals surface area (Å²) in [6, 6.07) is 2.19. The first-order chi connectivity index (χ1) is 9.72. The molecule has 1 aliphatic heterocycles. The summed E-state index contributed by atoms with van der Waals surface area (Å²) in [5, 5.41) is 3.35. The van der Waals surface area contributed by atoms with Gasteiger partial charge in [-0.05, 0) is 31.5 Å². The molecule has 0 radical (unpaired) electrons. The van der Waals surface area contributed by atoms with Crippen molar-refractivity contribution in [1.29, 1.82) is 0 Å². The van der Waals surface area contributed by atoms with Crippen molar-refractivity contribution in [2.75, 3.05) is 33.4 Å². The summed E-state index contributed by atoms with van der Waals surface area (Å²) in [5.41, 5.74) is 2.68. The maximum absolute atomic E-state index is 5.86. The normalized spacial score (nSPS) is 16.4. The molecule has 0 aromatic carbocycles. The van der Waals surface area contributed by atoms with E-state index in [4.69, 9.17) is 9.15 Å². The molecule has 0 atom stereocenters. The van der Waals surface area contributed by atoms with Crippen LogP contribution in [0.4, 0.5) is 0 Å². The second-order valence-corrected chi connectivity index (χ2v) is 5.35. The molecule has 0 unspecified atom stereocenters. The summed E-state index contributed by atoms with van der Waals surface area (Å²) < 4.78 is 11.0. The topological polar surface area (TPSA) is 37.6 Å². The van der Waals surface area contributed by atoms with Crippen molar-refractivity contribution < 1.29 is 9.15 Å². The van der Waals surface area contributed by atoms with Crippen molar-refractivity contribution in [2.45, 2.75) is 33.4 Å². The summed E-state index contributed by atoms with van der Waals surface area (Å²) in [7, 11) is 1.75. The molecular formula is C16H26N2O2. The average molecular weight is 278 g/mol. The van der Waals surface area contributed by atoms with Gasteiger partial charge in [-0.3, -0.25) is 4.90 Å². The molecule has 20 heavy (non-hydrogen) atoms. The van der Waals surface area contributed by atoms with Crippen molar-refractivity contribution in [3.8, 4) is 0 Å². The van der Waals surface area contributed by atoms with E-state index in [0.717, 1.165) is 57.3 Å². The number of methoxy groups -OCH3 is 1. The lowest BCUT2D eigenvalue weighted by Crippen LogP contribution is -2.28. The van der Waals surface area contributed by atoms with Gasteiger partial charge in [-0.2, -0.15) is 0 Å². The van der Waals surface area contributed by atoms with E-state index in [2.05, 4.69) is 29.3 Å². The lowest BCUT2D eigenvalue weighted by atomic mass is 10.1. The molecule has 4 heteroatoms. The Kier molecular flexibility index (Phi) is 5.83. The van der Waals surface area contributed by atoms with Crippen molar-refractivity contribution in [3.63, 3.8) is 0 Å². The van der Waals surface area contributed by atoms with Crippen LogP contribution in [0.5, 0.6) is 0 Å². The Labute approximate surface area is 121 Å². The fraction of sp³-hybridized carbons (Fsp3) is 0.625. The second-order valence-electron chi connectivity index (χ2n) is 5.35. The smallest absolute Gasteiger partial charge is 0.118 e. The first-order valence-electron chi connectivity index (χ1n) is 7.41. The lowest BCUT2D eigenvalue weighted by Gasteiger charge is -2.25. The van der Waals surface area contributed by atoms with Gasteiger partial charge < -0.3 is 14.5 Å². The van der Waals surface area contributed by atoms with Crippen LogP contribution in [0.25, 0.3) is 0 Å². The van der Waals surface area contributed by atoms with E-state index in [1.165, 1.54) is 11.1 Å². The zero-order valence-electron chi connectivity index (χ0n) is 12.9. The molecule has 1 N–H and O–H groups in total. The molecular weight excluding hydrogens is 252 g/mol. The Bertz CT molecular complexity index is 451. The Morgan fingerprint density at radius 2 is 2.30 bits per heavy atom. The molecule has 0 saturated heterocycles.